The van der Waals surface area contributed by atoms with Crippen LogP contribution in [0.15, 0.2) is 23.4 Å². The molecule has 1 fully saturated rings. The smallest absolute Gasteiger partial charge is 0.233 e. The Hall–Kier alpha value is -1.09. The minimum absolute atomic E-state index is 0.0236. The Kier molecular flexibility index (Phi) is 4.59. The lowest BCUT2D eigenvalue weighted by Crippen LogP contribution is -2.57. The predicted molar refractivity (Wildman–Crippen MR) is 92.2 cm³/mol. The Balaban J connectivity index is 2.14. The third-order valence-electron chi connectivity index (χ3n) is 5.87. The maximum absolute atomic E-state index is 12.7. The third kappa shape index (κ3) is 3.15. The Bertz CT molecular complexity index is 518. The summed E-state index contributed by atoms with van der Waals surface area (Å²) >= 11 is 0. The van der Waals surface area contributed by atoms with Gasteiger partial charge in [-0.15, -0.1) is 0 Å². The molecule has 0 spiro atoms. The average Bonchev–Trinajstić information content (AvgIpc) is 2.50. The fourth-order valence-corrected chi connectivity index (χ4v) is 4.41. The van der Waals surface area contributed by atoms with E-state index in [-0.39, 0.29) is 11.8 Å². The van der Waals surface area contributed by atoms with E-state index in [4.69, 9.17) is 0 Å². The van der Waals surface area contributed by atoms with Crippen molar-refractivity contribution in [1.82, 2.24) is 4.90 Å². The number of carbonyl (C=O) groups is 1. The second-order valence-electron chi connectivity index (χ2n) is 8.40. The highest BCUT2D eigenvalue weighted by Gasteiger charge is 2.48. The van der Waals surface area contributed by atoms with Crippen LogP contribution < -0.4 is 0 Å². The quantitative estimate of drug-likeness (QED) is 0.730. The summed E-state index contributed by atoms with van der Waals surface area (Å²) < 4.78 is 1.06. The lowest BCUT2D eigenvalue weighted by molar-refractivity contribution is -0.942. The lowest BCUT2D eigenvalue weighted by Gasteiger charge is -2.43. The van der Waals surface area contributed by atoms with Gasteiger partial charge in [0.05, 0.1) is 38.1 Å². The van der Waals surface area contributed by atoms with Gasteiger partial charge in [0.15, 0.2) is 0 Å². The molecule has 0 N–H and O–H groups in total. The summed E-state index contributed by atoms with van der Waals surface area (Å²) in [6, 6.07) is 0. The van der Waals surface area contributed by atoms with Gasteiger partial charge in [-0.25, -0.2) is 0 Å². The average molecular weight is 305 g/mol. The van der Waals surface area contributed by atoms with Crippen molar-refractivity contribution in [3.63, 3.8) is 0 Å². The van der Waals surface area contributed by atoms with Crippen LogP contribution in [0.5, 0.6) is 0 Å². The molecule has 0 unspecified atom stereocenters. The molecular formula is C19H33N2O+. The number of carbonyl (C=O) groups excluding carboxylic acids is 1. The molecule has 0 aromatic rings. The Labute approximate surface area is 136 Å². The van der Waals surface area contributed by atoms with Gasteiger partial charge in [0.25, 0.3) is 0 Å². The second-order valence-corrected chi connectivity index (χ2v) is 8.40. The van der Waals surface area contributed by atoms with Crippen LogP contribution in [-0.2, 0) is 4.79 Å². The van der Waals surface area contributed by atoms with E-state index in [1.165, 1.54) is 18.5 Å². The summed E-state index contributed by atoms with van der Waals surface area (Å²) in [5.74, 6) is 0.978. The minimum Gasteiger partial charge on any atom is -0.320 e. The van der Waals surface area contributed by atoms with Gasteiger partial charge < -0.3 is 9.38 Å². The van der Waals surface area contributed by atoms with Crippen molar-refractivity contribution in [3.8, 4) is 0 Å². The largest absolute Gasteiger partial charge is 0.320 e. The van der Waals surface area contributed by atoms with Crippen LogP contribution in [0.4, 0.5) is 0 Å². The minimum atomic E-state index is -0.0236. The van der Waals surface area contributed by atoms with Crippen molar-refractivity contribution in [3.05, 3.63) is 23.4 Å². The molecule has 2 aliphatic heterocycles. The van der Waals surface area contributed by atoms with Gasteiger partial charge in [-0.3, -0.25) is 4.79 Å². The van der Waals surface area contributed by atoms with Crippen LogP contribution in [0.3, 0.4) is 0 Å². The molecule has 3 heteroatoms. The summed E-state index contributed by atoms with van der Waals surface area (Å²) in [4.78, 5) is 14.7. The number of likely N-dealkylation sites (tertiary alicyclic amines) is 1. The molecule has 3 atom stereocenters. The summed E-state index contributed by atoms with van der Waals surface area (Å²) in [6.07, 6.45) is 5.48. The molecule has 2 heterocycles. The normalized spacial score (nSPS) is 35.2. The molecule has 0 radical (unpaired) electrons. The molecule has 0 aromatic carbocycles. The zero-order chi connectivity index (χ0) is 16.7. The summed E-state index contributed by atoms with van der Waals surface area (Å²) in [5, 5.41) is 0. The van der Waals surface area contributed by atoms with Crippen LogP contribution in [0.2, 0.25) is 0 Å². The Morgan fingerprint density at radius 1 is 1.32 bits per heavy atom. The van der Waals surface area contributed by atoms with Gasteiger partial charge in [-0.1, -0.05) is 25.5 Å². The van der Waals surface area contributed by atoms with E-state index < -0.39 is 0 Å². The maximum Gasteiger partial charge on any atom is 0.233 e. The Morgan fingerprint density at radius 2 is 1.95 bits per heavy atom. The second kappa shape index (κ2) is 5.84. The summed E-state index contributed by atoms with van der Waals surface area (Å²) in [6.45, 7) is 16.3. The molecule has 1 saturated heterocycles. The van der Waals surface area contributed by atoms with Gasteiger partial charge in [0.1, 0.15) is 0 Å². The summed E-state index contributed by atoms with van der Waals surface area (Å²) in [7, 11) is 2.36. The van der Waals surface area contributed by atoms with Crippen LogP contribution in [0.25, 0.3) is 0 Å². The standard InChI is InChI=1S/C19H33N2O/c1-14-10-16(3)18(22)20(17(4)11-14)8-9-21(7)13-15(2)12-19(21,5)6/h10-11,15-16H,8-9,12-13H2,1-7H3/q+1/t15-,16-,21+/m0/s1. The van der Waals surface area contributed by atoms with Crippen LogP contribution in [-0.4, -0.2) is 47.5 Å². The first-order valence-corrected chi connectivity index (χ1v) is 8.58. The van der Waals surface area contributed by atoms with Crippen molar-refractivity contribution in [2.75, 3.05) is 26.7 Å². The van der Waals surface area contributed by atoms with Gasteiger partial charge in [-0.05, 0) is 33.8 Å². The molecule has 1 amide bonds. The molecule has 2 aliphatic rings. The van der Waals surface area contributed by atoms with Crippen LogP contribution in [0.1, 0.15) is 48.0 Å². The number of hydrogen-bond donors (Lipinski definition) is 0. The van der Waals surface area contributed by atoms with E-state index in [1.807, 2.05) is 11.8 Å². The number of amides is 1. The highest BCUT2D eigenvalue weighted by molar-refractivity contribution is 5.82. The Morgan fingerprint density at radius 3 is 2.50 bits per heavy atom. The number of quaternary nitrogens is 1. The number of likely N-dealkylation sites (N-methyl/N-ethyl adjacent to an activating group) is 1. The van der Waals surface area contributed by atoms with E-state index in [2.05, 4.69) is 53.8 Å². The molecular weight excluding hydrogens is 272 g/mol. The van der Waals surface area contributed by atoms with E-state index in [0.717, 1.165) is 29.2 Å². The van der Waals surface area contributed by atoms with Crippen molar-refractivity contribution in [1.29, 1.82) is 0 Å². The molecule has 124 valence electrons. The summed E-state index contributed by atoms with van der Waals surface area (Å²) in [5.41, 5.74) is 2.57. The molecule has 3 nitrogen and oxygen atoms in total. The van der Waals surface area contributed by atoms with Gasteiger partial charge in [0.2, 0.25) is 5.91 Å². The number of nitrogens with zero attached hydrogens (tertiary/aromatic N) is 2. The number of rotatable bonds is 3. The predicted octanol–water partition coefficient (Wildman–Crippen LogP) is 3.58. The highest BCUT2D eigenvalue weighted by Crippen LogP contribution is 2.38. The van der Waals surface area contributed by atoms with Gasteiger partial charge in [-0.2, -0.15) is 0 Å². The topological polar surface area (TPSA) is 20.3 Å². The molecule has 0 aromatic heterocycles. The van der Waals surface area contributed by atoms with E-state index in [9.17, 15) is 4.79 Å². The fourth-order valence-electron chi connectivity index (χ4n) is 4.41. The van der Waals surface area contributed by atoms with Crippen molar-refractivity contribution >= 4 is 5.91 Å². The monoisotopic (exact) mass is 305 g/mol. The first-order chi connectivity index (χ1) is 10.1. The van der Waals surface area contributed by atoms with E-state index >= 15 is 0 Å². The first-order valence-electron chi connectivity index (χ1n) is 8.58. The van der Waals surface area contributed by atoms with Crippen molar-refractivity contribution < 1.29 is 9.28 Å². The van der Waals surface area contributed by atoms with E-state index in [1.54, 1.807) is 0 Å². The van der Waals surface area contributed by atoms with Crippen LogP contribution >= 0.6 is 0 Å². The molecule has 0 bridgehead atoms. The van der Waals surface area contributed by atoms with Crippen molar-refractivity contribution in [2.45, 2.75) is 53.5 Å². The van der Waals surface area contributed by atoms with Gasteiger partial charge in [0, 0.05) is 18.0 Å². The zero-order valence-corrected chi connectivity index (χ0v) is 15.4. The molecule has 2 rings (SSSR count). The molecule has 0 saturated carbocycles. The maximum atomic E-state index is 12.7. The fraction of sp³-hybridized carbons (Fsp3) is 0.737. The zero-order valence-electron chi connectivity index (χ0n) is 15.4. The number of allylic oxidation sites excluding steroid dienone is 3. The number of hydrogen-bond acceptors (Lipinski definition) is 1. The molecule has 0 aliphatic carbocycles. The SMILES string of the molecule is CC1=C[C@H](C)C(=O)N(CC[N@+]2(C)C[C@@H](C)CC2(C)C)C(C)=C1. The van der Waals surface area contributed by atoms with Crippen molar-refractivity contribution in [2.24, 2.45) is 11.8 Å². The van der Waals surface area contributed by atoms with Crippen LogP contribution in [0, 0.1) is 11.8 Å². The van der Waals surface area contributed by atoms with E-state index in [0.29, 0.717) is 5.54 Å². The highest BCUT2D eigenvalue weighted by atomic mass is 16.2. The molecule has 22 heavy (non-hydrogen) atoms. The third-order valence-corrected chi connectivity index (χ3v) is 5.87. The lowest BCUT2D eigenvalue weighted by atomic mass is 9.96. The first kappa shape index (κ1) is 17.3. The van der Waals surface area contributed by atoms with Gasteiger partial charge >= 0.3 is 0 Å².